The van der Waals surface area contributed by atoms with Gasteiger partial charge in [0.25, 0.3) is 0 Å². The van der Waals surface area contributed by atoms with Crippen molar-refractivity contribution >= 4 is 11.1 Å². The van der Waals surface area contributed by atoms with Crippen molar-refractivity contribution in [2.75, 3.05) is 26.4 Å². The second kappa shape index (κ2) is 32.4. The average Bonchev–Trinajstić information content (AvgIpc) is 3.58. The van der Waals surface area contributed by atoms with Crippen molar-refractivity contribution in [3.8, 4) is 67.5 Å². The summed E-state index contributed by atoms with van der Waals surface area (Å²) in [6, 6.07) is 49.5. The van der Waals surface area contributed by atoms with Crippen molar-refractivity contribution in [3.63, 3.8) is 0 Å². The van der Waals surface area contributed by atoms with E-state index >= 15 is 0 Å². The summed E-state index contributed by atoms with van der Waals surface area (Å²) in [5, 5.41) is 0. The van der Waals surface area contributed by atoms with Crippen molar-refractivity contribution in [2.45, 2.75) is 172 Å². The van der Waals surface area contributed by atoms with E-state index in [0.29, 0.717) is 23.7 Å². The Morgan fingerprint density at radius 3 is 0.700 bits per heavy atom. The van der Waals surface area contributed by atoms with Gasteiger partial charge in [0.05, 0.1) is 26.4 Å². The average molecular weight is 1080 g/mol. The van der Waals surface area contributed by atoms with Gasteiger partial charge in [-0.2, -0.15) is 0 Å². The van der Waals surface area contributed by atoms with Crippen molar-refractivity contribution in [2.24, 2.45) is 35.5 Å². The third-order valence-corrected chi connectivity index (χ3v) is 17.6. The van der Waals surface area contributed by atoms with Gasteiger partial charge < -0.3 is 18.9 Å². The highest BCUT2D eigenvalue weighted by Gasteiger charge is 2.27. The molecule has 4 heteroatoms. The smallest absolute Gasteiger partial charge is 0.119 e. The molecule has 0 saturated carbocycles. The lowest BCUT2D eigenvalue weighted by Crippen LogP contribution is -2.15. The molecule has 6 aromatic carbocycles. The number of rotatable bonds is 34. The second-order valence-electron chi connectivity index (χ2n) is 23.4. The third kappa shape index (κ3) is 17.7. The lowest BCUT2D eigenvalue weighted by molar-refractivity contribution is 0.233. The molecule has 0 fully saturated rings. The molecule has 6 aromatic rings. The van der Waals surface area contributed by atoms with Crippen LogP contribution >= 0.6 is 0 Å². The molecule has 6 atom stereocenters. The number of unbranched alkanes of at least 4 members (excludes halogenated alkanes) is 4. The zero-order valence-corrected chi connectivity index (χ0v) is 51.1. The van der Waals surface area contributed by atoms with Crippen LogP contribution in [0.2, 0.25) is 0 Å². The van der Waals surface area contributed by atoms with Gasteiger partial charge in [-0.1, -0.05) is 207 Å². The van der Waals surface area contributed by atoms with E-state index in [1.165, 1.54) is 144 Å². The minimum Gasteiger partial charge on any atom is -0.493 e. The summed E-state index contributed by atoms with van der Waals surface area (Å²) in [4.78, 5) is 0. The standard InChI is InChI=1S/C76H100O4/c1-11-19-23-57(15-5)51-77-71-35-27-61(28-36-71)65-45-66(62-29-37-72(38-30-62)78-52-58(16-6)24-20-12-2)48-69(47-65)75-43-44-76(56(10)55(75)9)70-49-67(63-31-39-73(40-32-63)79-53-59(17-7)25-21-13-3)46-68(50-70)64-33-41-74(42-34-64)80-54-60(18-8)26-22-14-4/h27-50,55-60H,11-26,51-54H2,1-10H3. The fourth-order valence-electron chi connectivity index (χ4n) is 11.4. The van der Waals surface area contributed by atoms with E-state index in [-0.39, 0.29) is 11.8 Å². The normalized spacial score (nSPS) is 15.8. The summed E-state index contributed by atoms with van der Waals surface area (Å²) in [5.41, 5.74) is 14.7. The molecule has 0 heterocycles. The molecule has 0 radical (unpaired) electrons. The summed E-state index contributed by atoms with van der Waals surface area (Å²) in [6.45, 7) is 26.1. The molecule has 4 nitrogen and oxygen atoms in total. The van der Waals surface area contributed by atoms with Gasteiger partial charge in [-0.05, 0) is 213 Å². The Balaban J connectivity index is 1.23. The highest BCUT2D eigenvalue weighted by Crippen LogP contribution is 2.45. The van der Waals surface area contributed by atoms with Crippen LogP contribution in [0.1, 0.15) is 183 Å². The quantitative estimate of drug-likeness (QED) is 0.0404. The topological polar surface area (TPSA) is 36.9 Å². The van der Waals surface area contributed by atoms with Crippen LogP contribution in [0.4, 0.5) is 0 Å². The Morgan fingerprint density at radius 2 is 0.500 bits per heavy atom. The van der Waals surface area contributed by atoms with Crippen molar-refractivity contribution < 1.29 is 18.9 Å². The zero-order chi connectivity index (χ0) is 56.6. The molecule has 6 unspecified atom stereocenters. The van der Waals surface area contributed by atoms with Gasteiger partial charge in [0.1, 0.15) is 23.0 Å². The van der Waals surface area contributed by atoms with Crippen LogP contribution in [0.5, 0.6) is 23.0 Å². The van der Waals surface area contributed by atoms with Gasteiger partial charge in [0, 0.05) is 0 Å². The predicted molar refractivity (Wildman–Crippen MR) is 344 cm³/mol. The maximum atomic E-state index is 6.40. The highest BCUT2D eigenvalue weighted by atomic mass is 16.5. The van der Waals surface area contributed by atoms with Gasteiger partial charge in [0.2, 0.25) is 0 Å². The van der Waals surface area contributed by atoms with Crippen LogP contribution in [0.15, 0.2) is 146 Å². The fraction of sp³-hybridized carbons (Fsp3) is 0.474. The largest absolute Gasteiger partial charge is 0.493 e. The summed E-state index contributed by atoms with van der Waals surface area (Å²) in [6.07, 6.45) is 24.1. The first-order valence-corrected chi connectivity index (χ1v) is 31.8. The molecular formula is C76H100O4. The van der Waals surface area contributed by atoms with E-state index < -0.39 is 0 Å². The summed E-state index contributed by atoms with van der Waals surface area (Å²) < 4.78 is 25.6. The van der Waals surface area contributed by atoms with Crippen molar-refractivity contribution in [3.05, 3.63) is 157 Å². The Morgan fingerprint density at radius 1 is 0.287 bits per heavy atom. The molecule has 0 saturated heterocycles. The monoisotopic (exact) mass is 1080 g/mol. The maximum absolute atomic E-state index is 6.40. The van der Waals surface area contributed by atoms with Crippen molar-refractivity contribution in [1.82, 2.24) is 0 Å². The molecule has 0 N–H and O–H groups in total. The highest BCUT2D eigenvalue weighted by molar-refractivity contribution is 5.87. The van der Waals surface area contributed by atoms with Gasteiger partial charge in [-0.25, -0.2) is 0 Å². The lowest BCUT2D eigenvalue weighted by atomic mass is 9.74. The van der Waals surface area contributed by atoms with Crippen molar-refractivity contribution in [1.29, 1.82) is 0 Å². The van der Waals surface area contributed by atoms with E-state index in [0.717, 1.165) is 75.1 Å². The molecule has 0 bridgehead atoms. The molecule has 1 aliphatic carbocycles. The van der Waals surface area contributed by atoms with E-state index in [9.17, 15) is 0 Å². The van der Waals surface area contributed by atoms with Gasteiger partial charge in [0.15, 0.2) is 0 Å². The Kier molecular flexibility index (Phi) is 25.0. The number of hydrogen-bond acceptors (Lipinski definition) is 4. The third-order valence-electron chi connectivity index (χ3n) is 17.6. The molecule has 0 amide bonds. The minimum atomic E-state index is 0.247. The lowest BCUT2D eigenvalue weighted by Gasteiger charge is -2.30. The van der Waals surface area contributed by atoms with Crippen LogP contribution in [-0.2, 0) is 0 Å². The Hall–Kier alpha value is -6.00. The van der Waals surface area contributed by atoms with Crippen LogP contribution in [0.25, 0.3) is 55.7 Å². The predicted octanol–water partition coefficient (Wildman–Crippen LogP) is 22.5. The summed E-state index contributed by atoms with van der Waals surface area (Å²) in [5.74, 6) is 6.58. The first kappa shape index (κ1) is 61.6. The second-order valence-corrected chi connectivity index (χ2v) is 23.4. The SMILES string of the molecule is CCCCC(CC)COc1ccc(-c2cc(C3=CC=C(c4cc(-c5ccc(OCC(CC)CCCC)cc5)cc(-c5ccc(OCC(CC)CCCC)cc5)c4)C(C)C3C)cc(-c3ccc(OCC(CC)CCCC)cc3)c2)cc1. The molecule has 80 heavy (non-hydrogen) atoms. The number of benzene rings is 6. The number of allylic oxidation sites excluding steroid dienone is 4. The van der Waals surface area contributed by atoms with Crippen LogP contribution in [-0.4, -0.2) is 26.4 Å². The van der Waals surface area contributed by atoms with E-state index in [4.69, 9.17) is 18.9 Å². The van der Waals surface area contributed by atoms with Crippen LogP contribution in [0, 0.1) is 35.5 Å². The van der Waals surface area contributed by atoms with Crippen LogP contribution < -0.4 is 18.9 Å². The molecule has 0 aliphatic heterocycles. The molecular weight excluding hydrogens is 977 g/mol. The van der Waals surface area contributed by atoms with Crippen LogP contribution in [0.3, 0.4) is 0 Å². The Bertz CT molecular complexity index is 2440. The van der Waals surface area contributed by atoms with Gasteiger partial charge in [-0.3, -0.25) is 0 Å². The molecule has 7 rings (SSSR count). The maximum Gasteiger partial charge on any atom is 0.119 e. The first-order chi connectivity index (χ1) is 39.1. The van der Waals surface area contributed by atoms with E-state index in [1.54, 1.807) is 0 Å². The van der Waals surface area contributed by atoms with E-state index in [1.807, 2.05) is 0 Å². The minimum absolute atomic E-state index is 0.247. The fourth-order valence-corrected chi connectivity index (χ4v) is 11.4. The summed E-state index contributed by atoms with van der Waals surface area (Å²) in [7, 11) is 0. The van der Waals surface area contributed by atoms with Gasteiger partial charge in [-0.15, -0.1) is 0 Å². The summed E-state index contributed by atoms with van der Waals surface area (Å²) >= 11 is 0. The van der Waals surface area contributed by atoms with Gasteiger partial charge >= 0.3 is 0 Å². The molecule has 0 aromatic heterocycles. The van der Waals surface area contributed by atoms with E-state index in [2.05, 4.69) is 215 Å². The number of ether oxygens (including phenoxy) is 4. The zero-order valence-electron chi connectivity index (χ0n) is 51.1. The first-order valence-electron chi connectivity index (χ1n) is 31.8. The number of hydrogen-bond donors (Lipinski definition) is 0. The molecule has 1 aliphatic rings. The molecule has 428 valence electrons. The Labute approximate surface area is 485 Å². The molecule has 0 spiro atoms.